The number of rotatable bonds is 3. The maximum atomic E-state index is 13.0. The van der Waals surface area contributed by atoms with Crippen LogP contribution in [0.1, 0.15) is 41.4 Å². The van der Waals surface area contributed by atoms with E-state index in [1.807, 2.05) is 20.8 Å². The van der Waals surface area contributed by atoms with Crippen LogP contribution in [0.3, 0.4) is 0 Å². The zero-order valence-electron chi connectivity index (χ0n) is 11.6. The van der Waals surface area contributed by atoms with E-state index in [9.17, 15) is 14.3 Å². The molecule has 1 heterocycles. The second-order valence-electron chi connectivity index (χ2n) is 5.05. The molecule has 0 radical (unpaired) electrons. The van der Waals surface area contributed by atoms with E-state index in [0.717, 1.165) is 11.1 Å². The molecule has 104 valence electrons. The van der Waals surface area contributed by atoms with E-state index >= 15 is 0 Å². The minimum atomic E-state index is -0.977. The van der Waals surface area contributed by atoms with E-state index in [0.29, 0.717) is 11.4 Å². The molecular formula is C16H16FNO2. The van der Waals surface area contributed by atoms with Crippen molar-refractivity contribution in [2.24, 2.45) is 0 Å². The number of halogens is 1. The highest BCUT2D eigenvalue weighted by molar-refractivity contribution is 5.90. The summed E-state index contributed by atoms with van der Waals surface area (Å²) in [4.78, 5) is 15.8. The zero-order chi connectivity index (χ0) is 14.9. The topological polar surface area (TPSA) is 50.2 Å². The van der Waals surface area contributed by atoms with Crippen LogP contribution in [0.2, 0.25) is 0 Å². The molecule has 4 heteroatoms. The summed E-state index contributed by atoms with van der Waals surface area (Å²) in [5.74, 6) is -1.28. The Labute approximate surface area is 117 Å². The molecule has 1 aromatic heterocycles. The standard InChI is InChI=1S/C16H16FNO2/c1-9(2)14-13(16(19)20)8-10(3)15(18-14)11-4-6-12(17)7-5-11/h4-9H,1-3H3,(H,19,20). The summed E-state index contributed by atoms with van der Waals surface area (Å²) in [7, 11) is 0. The van der Waals surface area contributed by atoms with Crippen molar-refractivity contribution in [1.82, 2.24) is 4.98 Å². The van der Waals surface area contributed by atoms with Crippen molar-refractivity contribution in [2.45, 2.75) is 26.7 Å². The van der Waals surface area contributed by atoms with Crippen LogP contribution in [0.4, 0.5) is 4.39 Å². The number of hydrogen-bond donors (Lipinski definition) is 1. The van der Waals surface area contributed by atoms with Gasteiger partial charge in [0.15, 0.2) is 0 Å². The van der Waals surface area contributed by atoms with Gasteiger partial charge < -0.3 is 5.11 Å². The normalized spacial score (nSPS) is 10.8. The van der Waals surface area contributed by atoms with Crippen molar-refractivity contribution in [3.8, 4) is 11.3 Å². The number of benzene rings is 1. The molecular weight excluding hydrogens is 257 g/mol. The van der Waals surface area contributed by atoms with Crippen LogP contribution in [-0.4, -0.2) is 16.1 Å². The lowest BCUT2D eigenvalue weighted by Gasteiger charge is -2.14. The zero-order valence-corrected chi connectivity index (χ0v) is 11.6. The molecule has 3 nitrogen and oxygen atoms in total. The molecule has 0 amide bonds. The monoisotopic (exact) mass is 273 g/mol. The van der Waals surface area contributed by atoms with Crippen LogP contribution >= 0.6 is 0 Å². The maximum Gasteiger partial charge on any atom is 0.337 e. The molecule has 0 aliphatic rings. The summed E-state index contributed by atoms with van der Waals surface area (Å²) in [5, 5.41) is 9.25. The number of carboxylic acid groups (broad SMARTS) is 1. The Bertz CT molecular complexity index is 648. The molecule has 0 aliphatic carbocycles. The molecule has 0 spiro atoms. The fourth-order valence-electron chi connectivity index (χ4n) is 2.14. The van der Waals surface area contributed by atoms with Gasteiger partial charge in [0, 0.05) is 5.56 Å². The third-order valence-electron chi connectivity index (χ3n) is 3.14. The first kappa shape index (κ1) is 14.2. The van der Waals surface area contributed by atoms with Gasteiger partial charge in [0.1, 0.15) is 5.82 Å². The lowest BCUT2D eigenvalue weighted by molar-refractivity contribution is 0.0694. The largest absolute Gasteiger partial charge is 0.478 e. The summed E-state index contributed by atoms with van der Waals surface area (Å²) in [6, 6.07) is 7.67. The van der Waals surface area contributed by atoms with Crippen molar-refractivity contribution < 1.29 is 14.3 Å². The molecule has 1 aromatic carbocycles. The van der Waals surface area contributed by atoms with Gasteiger partial charge in [0.05, 0.1) is 17.0 Å². The Morgan fingerprint density at radius 1 is 1.25 bits per heavy atom. The third-order valence-corrected chi connectivity index (χ3v) is 3.14. The average molecular weight is 273 g/mol. The van der Waals surface area contributed by atoms with Crippen molar-refractivity contribution in [2.75, 3.05) is 0 Å². The van der Waals surface area contributed by atoms with Crippen LogP contribution in [0.5, 0.6) is 0 Å². The van der Waals surface area contributed by atoms with E-state index in [1.165, 1.54) is 12.1 Å². The summed E-state index contributed by atoms with van der Waals surface area (Å²) in [6.07, 6.45) is 0. The Balaban J connectivity index is 2.63. The first-order valence-electron chi connectivity index (χ1n) is 6.41. The fourth-order valence-corrected chi connectivity index (χ4v) is 2.14. The lowest BCUT2D eigenvalue weighted by atomic mass is 9.98. The van der Waals surface area contributed by atoms with Crippen molar-refractivity contribution >= 4 is 5.97 Å². The van der Waals surface area contributed by atoms with E-state index in [2.05, 4.69) is 4.98 Å². The molecule has 0 saturated carbocycles. The minimum Gasteiger partial charge on any atom is -0.478 e. The van der Waals surface area contributed by atoms with Crippen molar-refractivity contribution in [3.05, 3.63) is 53.0 Å². The Kier molecular flexibility index (Phi) is 3.84. The Morgan fingerprint density at radius 3 is 2.35 bits per heavy atom. The van der Waals surface area contributed by atoms with Gasteiger partial charge in [-0.05, 0) is 48.7 Å². The highest BCUT2D eigenvalue weighted by atomic mass is 19.1. The number of carbonyl (C=O) groups is 1. The average Bonchev–Trinajstić information content (AvgIpc) is 2.39. The predicted octanol–water partition coefficient (Wildman–Crippen LogP) is 4.02. The number of aromatic carboxylic acids is 1. The number of nitrogens with zero attached hydrogens (tertiary/aromatic N) is 1. The van der Waals surface area contributed by atoms with Crippen LogP contribution in [0, 0.1) is 12.7 Å². The SMILES string of the molecule is Cc1cc(C(=O)O)c(C(C)C)nc1-c1ccc(F)cc1. The van der Waals surface area contributed by atoms with Crippen LogP contribution in [-0.2, 0) is 0 Å². The number of carboxylic acids is 1. The summed E-state index contributed by atoms with van der Waals surface area (Å²) in [6.45, 7) is 5.61. The Hall–Kier alpha value is -2.23. The quantitative estimate of drug-likeness (QED) is 0.919. The molecule has 2 aromatic rings. The van der Waals surface area contributed by atoms with Crippen molar-refractivity contribution in [1.29, 1.82) is 0 Å². The van der Waals surface area contributed by atoms with Gasteiger partial charge in [0.2, 0.25) is 0 Å². The van der Waals surface area contributed by atoms with Gasteiger partial charge in [-0.25, -0.2) is 9.18 Å². The second kappa shape index (κ2) is 5.41. The second-order valence-corrected chi connectivity index (χ2v) is 5.05. The van der Waals surface area contributed by atoms with Gasteiger partial charge in [-0.2, -0.15) is 0 Å². The van der Waals surface area contributed by atoms with Gasteiger partial charge in [-0.1, -0.05) is 13.8 Å². The molecule has 0 unspecified atom stereocenters. The molecule has 0 fully saturated rings. The van der Waals surface area contributed by atoms with E-state index in [4.69, 9.17) is 0 Å². The number of hydrogen-bond acceptors (Lipinski definition) is 2. The molecule has 0 saturated heterocycles. The van der Waals surface area contributed by atoms with Gasteiger partial charge in [-0.3, -0.25) is 4.98 Å². The van der Waals surface area contributed by atoms with Gasteiger partial charge in [-0.15, -0.1) is 0 Å². The smallest absolute Gasteiger partial charge is 0.337 e. The maximum absolute atomic E-state index is 13.0. The molecule has 2 rings (SSSR count). The summed E-state index contributed by atoms with van der Waals surface area (Å²) < 4.78 is 13.0. The number of aryl methyl sites for hydroxylation is 1. The van der Waals surface area contributed by atoms with Crippen LogP contribution in [0.15, 0.2) is 30.3 Å². The first-order chi connectivity index (χ1) is 9.40. The molecule has 0 atom stereocenters. The third kappa shape index (κ3) is 2.69. The van der Waals surface area contributed by atoms with E-state index in [1.54, 1.807) is 18.2 Å². The van der Waals surface area contributed by atoms with Crippen LogP contribution in [0.25, 0.3) is 11.3 Å². The first-order valence-corrected chi connectivity index (χ1v) is 6.41. The van der Waals surface area contributed by atoms with E-state index in [-0.39, 0.29) is 17.3 Å². The molecule has 20 heavy (non-hydrogen) atoms. The van der Waals surface area contributed by atoms with Gasteiger partial charge in [0.25, 0.3) is 0 Å². The molecule has 1 N–H and O–H groups in total. The van der Waals surface area contributed by atoms with Crippen LogP contribution < -0.4 is 0 Å². The number of pyridine rings is 1. The highest BCUT2D eigenvalue weighted by Crippen LogP contribution is 2.27. The summed E-state index contributed by atoms with van der Waals surface area (Å²) >= 11 is 0. The minimum absolute atomic E-state index is 0.000832. The van der Waals surface area contributed by atoms with E-state index < -0.39 is 5.97 Å². The Morgan fingerprint density at radius 2 is 1.85 bits per heavy atom. The van der Waals surface area contributed by atoms with Crippen molar-refractivity contribution in [3.63, 3.8) is 0 Å². The fraction of sp³-hybridized carbons (Fsp3) is 0.250. The molecule has 0 aliphatic heterocycles. The summed E-state index contributed by atoms with van der Waals surface area (Å²) in [5.41, 5.74) is 3.01. The van der Waals surface area contributed by atoms with Gasteiger partial charge >= 0.3 is 5.97 Å². The highest BCUT2D eigenvalue weighted by Gasteiger charge is 2.18. The lowest BCUT2D eigenvalue weighted by Crippen LogP contribution is -2.08. The molecule has 0 bridgehead atoms. The predicted molar refractivity (Wildman–Crippen MR) is 75.4 cm³/mol. The number of aromatic nitrogens is 1.